The molecule has 1 N–H and O–H groups in total. The Morgan fingerprint density at radius 2 is 1.58 bits per heavy atom. The molecular formula is C22H28N2O2. The quantitative estimate of drug-likeness (QED) is 0.879. The summed E-state index contributed by atoms with van der Waals surface area (Å²) in [6.07, 6.45) is 10.0. The molecule has 1 aromatic rings. The number of amides is 2. The third-order valence-corrected chi connectivity index (χ3v) is 7.28. The van der Waals surface area contributed by atoms with E-state index < -0.39 is 0 Å². The summed E-state index contributed by atoms with van der Waals surface area (Å²) in [6, 6.07) is 7.85. The molecule has 1 saturated heterocycles. The van der Waals surface area contributed by atoms with Crippen LogP contribution < -0.4 is 10.2 Å². The maximum atomic E-state index is 13.1. The van der Waals surface area contributed by atoms with Gasteiger partial charge in [0.25, 0.3) is 0 Å². The second-order valence-corrected chi connectivity index (χ2v) is 9.20. The van der Waals surface area contributed by atoms with E-state index in [9.17, 15) is 9.59 Å². The second-order valence-electron chi connectivity index (χ2n) is 9.20. The number of carbonyl (C=O) groups is 2. The lowest BCUT2D eigenvalue weighted by atomic mass is 9.49. The first-order valence-corrected chi connectivity index (χ1v) is 10.3. The molecule has 0 unspecified atom stereocenters. The lowest BCUT2D eigenvalue weighted by molar-refractivity contribution is -0.140. The summed E-state index contributed by atoms with van der Waals surface area (Å²) < 4.78 is 0. The van der Waals surface area contributed by atoms with Gasteiger partial charge in [-0.1, -0.05) is 0 Å². The highest BCUT2D eigenvalue weighted by atomic mass is 16.2. The van der Waals surface area contributed by atoms with E-state index in [4.69, 9.17) is 0 Å². The fraction of sp³-hybridized carbons (Fsp3) is 0.636. The Kier molecular flexibility index (Phi) is 3.84. The van der Waals surface area contributed by atoms with Crippen molar-refractivity contribution in [3.63, 3.8) is 0 Å². The monoisotopic (exact) mass is 352 g/mol. The standard InChI is InChI=1S/C22H28N2O2/c25-20-3-1-2-8-24(20)19-6-4-18(5-7-19)23-21(26)22-12-15-9-16(13-22)11-17(10-15)14-22/h4-7,15-17H,1-3,8-14H2,(H,23,26). The van der Waals surface area contributed by atoms with Crippen molar-refractivity contribution in [2.45, 2.75) is 57.8 Å². The van der Waals surface area contributed by atoms with Gasteiger partial charge in [0.1, 0.15) is 0 Å². The Balaban J connectivity index is 1.29. The summed E-state index contributed by atoms with van der Waals surface area (Å²) in [5.74, 6) is 2.78. The van der Waals surface area contributed by atoms with Gasteiger partial charge in [0.05, 0.1) is 5.41 Å². The van der Waals surface area contributed by atoms with Crippen LogP contribution in [0.5, 0.6) is 0 Å². The molecule has 4 aliphatic carbocycles. The van der Waals surface area contributed by atoms with Gasteiger partial charge in [-0.25, -0.2) is 0 Å². The van der Waals surface area contributed by atoms with Gasteiger partial charge in [-0.15, -0.1) is 0 Å². The molecule has 138 valence electrons. The highest BCUT2D eigenvalue weighted by Gasteiger charge is 2.54. The van der Waals surface area contributed by atoms with Crippen LogP contribution in [0.3, 0.4) is 0 Å². The van der Waals surface area contributed by atoms with Gasteiger partial charge < -0.3 is 10.2 Å². The van der Waals surface area contributed by atoms with E-state index in [0.29, 0.717) is 6.42 Å². The van der Waals surface area contributed by atoms with Crippen LogP contribution >= 0.6 is 0 Å². The van der Waals surface area contributed by atoms with Crippen LogP contribution in [0.25, 0.3) is 0 Å². The molecule has 4 saturated carbocycles. The van der Waals surface area contributed by atoms with E-state index in [1.807, 2.05) is 29.2 Å². The minimum absolute atomic E-state index is 0.115. The van der Waals surface area contributed by atoms with Crippen LogP contribution in [0.2, 0.25) is 0 Å². The molecule has 1 heterocycles. The maximum Gasteiger partial charge on any atom is 0.230 e. The van der Waals surface area contributed by atoms with Gasteiger partial charge in [-0.05, 0) is 93.4 Å². The van der Waals surface area contributed by atoms with Crippen molar-refractivity contribution in [2.75, 3.05) is 16.8 Å². The summed E-state index contributed by atoms with van der Waals surface area (Å²) in [5.41, 5.74) is 1.69. The molecule has 0 spiro atoms. The van der Waals surface area contributed by atoms with Crippen molar-refractivity contribution in [1.82, 2.24) is 0 Å². The van der Waals surface area contributed by atoms with E-state index in [-0.39, 0.29) is 17.2 Å². The van der Waals surface area contributed by atoms with Crippen LogP contribution in [0.4, 0.5) is 11.4 Å². The predicted molar refractivity (Wildman–Crippen MR) is 102 cm³/mol. The van der Waals surface area contributed by atoms with Crippen LogP contribution in [0.1, 0.15) is 57.8 Å². The SMILES string of the molecule is O=C1CCCCN1c1ccc(NC(=O)C23CC4CC(CC(C4)C2)C3)cc1. The molecule has 2 amide bonds. The fourth-order valence-electron chi connectivity index (χ4n) is 6.46. The number of hydrogen-bond donors (Lipinski definition) is 1. The van der Waals surface area contributed by atoms with Gasteiger partial charge in [0, 0.05) is 24.3 Å². The average molecular weight is 352 g/mol. The zero-order valence-corrected chi connectivity index (χ0v) is 15.4. The minimum Gasteiger partial charge on any atom is -0.326 e. The van der Waals surface area contributed by atoms with E-state index in [1.165, 1.54) is 19.3 Å². The van der Waals surface area contributed by atoms with E-state index in [1.54, 1.807) is 0 Å². The van der Waals surface area contributed by atoms with Gasteiger partial charge in [0.2, 0.25) is 11.8 Å². The number of piperidine rings is 1. The Morgan fingerprint density at radius 3 is 2.15 bits per heavy atom. The number of carbonyl (C=O) groups excluding carboxylic acids is 2. The van der Waals surface area contributed by atoms with Crippen molar-refractivity contribution >= 4 is 23.2 Å². The minimum atomic E-state index is -0.115. The Hall–Kier alpha value is -1.84. The molecule has 4 nitrogen and oxygen atoms in total. The first-order chi connectivity index (χ1) is 12.6. The molecular weight excluding hydrogens is 324 g/mol. The zero-order chi connectivity index (χ0) is 17.7. The van der Waals surface area contributed by atoms with Gasteiger partial charge >= 0.3 is 0 Å². The van der Waals surface area contributed by atoms with E-state index in [2.05, 4.69) is 5.32 Å². The van der Waals surface area contributed by atoms with Gasteiger partial charge in [-0.2, -0.15) is 0 Å². The first kappa shape index (κ1) is 16.3. The molecule has 0 radical (unpaired) electrons. The Bertz CT molecular complexity index is 689. The Labute approximate surface area is 155 Å². The summed E-state index contributed by atoms with van der Waals surface area (Å²) in [6.45, 7) is 0.803. The van der Waals surface area contributed by atoms with Crippen molar-refractivity contribution in [1.29, 1.82) is 0 Å². The smallest absolute Gasteiger partial charge is 0.230 e. The first-order valence-electron chi connectivity index (χ1n) is 10.3. The number of hydrogen-bond acceptors (Lipinski definition) is 2. The van der Waals surface area contributed by atoms with Crippen LogP contribution in [-0.2, 0) is 9.59 Å². The second kappa shape index (κ2) is 6.11. The number of rotatable bonds is 3. The summed E-state index contributed by atoms with van der Waals surface area (Å²) in [5, 5.41) is 3.20. The van der Waals surface area contributed by atoms with Crippen LogP contribution in [0, 0.1) is 23.2 Å². The van der Waals surface area contributed by atoms with Gasteiger partial charge in [-0.3, -0.25) is 9.59 Å². The van der Waals surface area contributed by atoms with E-state index >= 15 is 0 Å². The van der Waals surface area contributed by atoms with Crippen LogP contribution in [-0.4, -0.2) is 18.4 Å². The van der Waals surface area contributed by atoms with Crippen molar-refractivity contribution in [2.24, 2.45) is 23.2 Å². The molecule has 5 aliphatic rings. The normalized spacial score (nSPS) is 35.6. The molecule has 0 atom stereocenters. The topological polar surface area (TPSA) is 49.4 Å². The predicted octanol–water partition coefficient (Wildman–Crippen LogP) is 4.36. The van der Waals surface area contributed by atoms with Crippen molar-refractivity contribution in [3.05, 3.63) is 24.3 Å². The van der Waals surface area contributed by atoms with E-state index in [0.717, 1.165) is 67.8 Å². The highest BCUT2D eigenvalue weighted by Crippen LogP contribution is 2.60. The Morgan fingerprint density at radius 1 is 0.962 bits per heavy atom. The van der Waals surface area contributed by atoms with Crippen LogP contribution in [0.15, 0.2) is 24.3 Å². The number of benzene rings is 1. The molecule has 4 heteroatoms. The lowest BCUT2D eigenvalue weighted by Crippen LogP contribution is -2.51. The average Bonchev–Trinajstić information content (AvgIpc) is 2.62. The highest BCUT2D eigenvalue weighted by molar-refractivity contribution is 5.97. The van der Waals surface area contributed by atoms with Gasteiger partial charge in [0.15, 0.2) is 0 Å². The largest absolute Gasteiger partial charge is 0.326 e. The lowest BCUT2D eigenvalue weighted by Gasteiger charge is -2.55. The molecule has 26 heavy (non-hydrogen) atoms. The third-order valence-electron chi connectivity index (χ3n) is 7.28. The summed E-state index contributed by atoms with van der Waals surface area (Å²) >= 11 is 0. The van der Waals surface area contributed by atoms with Crippen molar-refractivity contribution < 1.29 is 9.59 Å². The fourth-order valence-corrected chi connectivity index (χ4v) is 6.46. The zero-order valence-electron chi connectivity index (χ0n) is 15.4. The molecule has 6 rings (SSSR count). The van der Waals surface area contributed by atoms with Crippen molar-refractivity contribution in [3.8, 4) is 0 Å². The molecule has 1 aliphatic heterocycles. The number of nitrogens with one attached hydrogen (secondary N) is 1. The number of anilines is 2. The maximum absolute atomic E-state index is 13.1. The summed E-state index contributed by atoms with van der Waals surface area (Å²) in [7, 11) is 0. The molecule has 1 aromatic carbocycles. The third kappa shape index (κ3) is 2.74. The molecule has 0 aromatic heterocycles. The molecule has 4 bridgehead atoms. The summed E-state index contributed by atoms with van der Waals surface area (Å²) in [4.78, 5) is 27.1. The number of nitrogens with zero attached hydrogens (tertiary/aromatic N) is 1. The molecule has 5 fully saturated rings.